The minimum atomic E-state index is 0.185. The number of hydrogen-bond donors (Lipinski definition) is 1. The molecule has 2 nitrogen and oxygen atoms in total. The van der Waals surface area contributed by atoms with Crippen LogP contribution in [0.5, 0.6) is 0 Å². The van der Waals surface area contributed by atoms with Crippen LogP contribution in [0.4, 0.5) is 0 Å². The maximum atomic E-state index is 6.33. The van der Waals surface area contributed by atoms with Gasteiger partial charge in [-0.05, 0) is 43.2 Å². The minimum Gasteiger partial charge on any atom is -0.375 e. The van der Waals surface area contributed by atoms with E-state index in [0.717, 1.165) is 0 Å². The van der Waals surface area contributed by atoms with Crippen molar-refractivity contribution in [2.75, 3.05) is 0 Å². The number of hydrogen-bond acceptors (Lipinski definition) is 3. The molecule has 1 aromatic rings. The summed E-state index contributed by atoms with van der Waals surface area (Å²) in [4.78, 5) is 1.35. The van der Waals surface area contributed by atoms with Gasteiger partial charge in [0.1, 0.15) is 0 Å². The average molecular weight is 223 g/mol. The van der Waals surface area contributed by atoms with Gasteiger partial charge in [0, 0.05) is 16.8 Å². The van der Waals surface area contributed by atoms with E-state index < -0.39 is 0 Å². The molecular weight excluding hydrogens is 206 g/mol. The number of rotatable bonds is 2. The molecule has 3 rings (SSSR count). The van der Waals surface area contributed by atoms with Crippen LogP contribution < -0.4 is 5.73 Å². The molecule has 4 unspecified atom stereocenters. The molecule has 1 aromatic heterocycles. The van der Waals surface area contributed by atoms with E-state index in [1.54, 1.807) is 11.3 Å². The Bertz CT molecular complexity index is 362. The zero-order chi connectivity index (χ0) is 10.4. The fraction of sp³-hybridized carbons (Fsp3) is 0.667. The lowest BCUT2D eigenvalue weighted by molar-refractivity contribution is 0.0885. The van der Waals surface area contributed by atoms with Gasteiger partial charge in [0.2, 0.25) is 0 Å². The topological polar surface area (TPSA) is 35.2 Å². The Hall–Kier alpha value is -0.380. The van der Waals surface area contributed by atoms with Crippen molar-refractivity contribution in [1.29, 1.82) is 0 Å². The van der Waals surface area contributed by atoms with E-state index in [1.807, 2.05) is 0 Å². The quantitative estimate of drug-likeness (QED) is 0.836. The van der Waals surface area contributed by atoms with Gasteiger partial charge in [-0.25, -0.2) is 0 Å². The molecule has 4 atom stereocenters. The Morgan fingerprint density at radius 2 is 2.40 bits per heavy atom. The van der Waals surface area contributed by atoms with Crippen molar-refractivity contribution in [2.24, 2.45) is 11.7 Å². The highest BCUT2D eigenvalue weighted by Gasteiger charge is 2.43. The summed E-state index contributed by atoms with van der Waals surface area (Å²) in [6.45, 7) is 2.14. The van der Waals surface area contributed by atoms with Crippen LogP contribution in [0, 0.1) is 12.8 Å². The summed E-state index contributed by atoms with van der Waals surface area (Å²) in [7, 11) is 0. The van der Waals surface area contributed by atoms with Gasteiger partial charge in [0.15, 0.2) is 0 Å². The number of fused-ring (bicyclic) bond motifs is 2. The number of nitrogens with two attached hydrogens (primary N) is 1. The van der Waals surface area contributed by atoms with E-state index >= 15 is 0 Å². The predicted molar refractivity (Wildman–Crippen MR) is 62.0 cm³/mol. The van der Waals surface area contributed by atoms with Gasteiger partial charge >= 0.3 is 0 Å². The monoisotopic (exact) mass is 223 g/mol. The Kier molecular flexibility index (Phi) is 2.34. The SMILES string of the molecule is Cc1cc(C(N)C2CC3CCC2O3)cs1. The second-order valence-electron chi connectivity index (χ2n) is 4.79. The van der Waals surface area contributed by atoms with Crippen LogP contribution >= 0.6 is 11.3 Å². The van der Waals surface area contributed by atoms with Gasteiger partial charge in [0.05, 0.1) is 12.2 Å². The van der Waals surface area contributed by atoms with Crippen LogP contribution in [-0.4, -0.2) is 12.2 Å². The van der Waals surface area contributed by atoms with Gasteiger partial charge in [-0.2, -0.15) is 0 Å². The third-order valence-electron chi connectivity index (χ3n) is 3.75. The summed E-state index contributed by atoms with van der Waals surface area (Å²) in [5.41, 5.74) is 7.63. The highest BCUT2D eigenvalue weighted by molar-refractivity contribution is 7.10. The first-order valence-electron chi connectivity index (χ1n) is 5.70. The average Bonchev–Trinajstić information content (AvgIpc) is 2.90. The van der Waals surface area contributed by atoms with Crippen molar-refractivity contribution in [3.05, 3.63) is 21.9 Å². The van der Waals surface area contributed by atoms with Gasteiger partial charge in [0.25, 0.3) is 0 Å². The maximum absolute atomic E-state index is 6.33. The zero-order valence-corrected chi connectivity index (χ0v) is 9.80. The van der Waals surface area contributed by atoms with Crippen molar-refractivity contribution in [3.8, 4) is 0 Å². The van der Waals surface area contributed by atoms with Crippen LogP contribution in [-0.2, 0) is 4.74 Å². The second kappa shape index (κ2) is 3.58. The van der Waals surface area contributed by atoms with E-state index in [-0.39, 0.29) is 6.04 Å². The molecule has 3 heteroatoms. The lowest BCUT2D eigenvalue weighted by atomic mass is 9.82. The van der Waals surface area contributed by atoms with Gasteiger partial charge in [-0.3, -0.25) is 0 Å². The highest BCUT2D eigenvalue weighted by atomic mass is 32.1. The van der Waals surface area contributed by atoms with Crippen molar-refractivity contribution in [3.63, 3.8) is 0 Å². The molecular formula is C12H17NOS. The van der Waals surface area contributed by atoms with E-state index in [0.29, 0.717) is 18.1 Å². The number of thiophene rings is 1. The minimum absolute atomic E-state index is 0.185. The van der Waals surface area contributed by atoms with Gasteiger partial charge in [-0.1, -0.05) is 0 Å². The maximum Gasteiger partial charge on any atom is 0.0627 e. The molecule has 2 bridgehead atoms. The predicted octanol–water partition coefficient (Wildman–Crippen LogP) is 2.62. The lowest BCUT2D eigenvalue weighted by Crippen LogP contribution is -2.28. The summed E-state index contributed by atoms with van der Waals surface area (Å²) < 4.78 is 5.86. The summed E-state index contributed by atoms with van der Waals surface area (Å²) >= 11 is 1.79. The molecule has 0 saturated carbocycles. The smallest absolute Gasteiger partial charge is 0.0627 e. The van der Waals surface area contributed by atoms with E-state index in [2.05, 4.69) is 18.4 Å². The molecule has 2 N–H and O–H groups in total. The van der Waals surface area contributed by atoms with E-state index in [9.17, 15) is 0 Å². The Morgan fingerprint density at radius 3 is 2.93 bits per heavy atom. The zero-order valence-electron chi connectivity index (χ0n) is 8.98. The molecule has 82 valence electrons. The van der Waals surface area contributed by atoms with Crippen LogP contribution in [0.2, 0.25) is 0 Å². The fourth-order valence-electron chi connectivity index (χ4n) is 2.94. The Morgan fingerprint density at radius 1 is 1.53 bits per heavy atom. The number of ether oxygens (including phenoxy) is 1. The molecule has 2 fully saturated rings. The number of aryl methyl sites for hydroxylation is 1. The molecule has 2 aliphatic heterocycles. The summed E-state index contributed by atoms with van der Waals surface area (Å²) in [6.07, 6.45) is 4.57. The van der Waals surface area contributed by atoms with Gasteiger partial charge in [-0.15, -0.1) is 11.3 Å². The first kappa shape index (κ1) is 9.82. The van der Waals surface area contributed by atoms with Crippen LogP contribution in [0.25, 0.3) is 0 Å². The van der Waals surface area contributed by atoms with Crippen molar-refractivity contribution in [1.82, 2.24) is 0 Å². The molecule has 0 aromatic carbocycles. The highest BCUT2D eigenvalue weighted by Crippen LogP contribution is 2.44. The third-order valence-corrected chi connectivity index (χ3v) is 4.63. The molecule has 15 heavy (non-hydrogen) atoms. The van der Waals surface area contributed by atoms with Crippen molar-refractivity contribution >= 4 is 11.3 Å². The van der Waals surface area contributed by atoms with Crippen molar-refractivity contribution in [2.45, 2.75) is 44.4 Å². The third kappa shape index (κ3) is 1.63. The van der Waals surface area contributed by atoms with E-state index in [1.165, 1.54) is 29.7 Å². The van der Waals surface area contributed by atoms with Gasteiger partial charge < -0.3 is 10.5 Å². The van der Waals surface area contributed by atoms with Crippen LogP contribution in [0.15, 0.2) is 11.4 Å². The fourth-order valence-corrected chi connectivity index (χ4v) is 3.69. The van der Waals surface area contributed by atoms with Crippen molar-refractivity contribution < 1.29 is 4.74 Å². The molecule has 2 saturated heterocycles. The molecule has 0 aliphatic carbocycles. The lowest BCUT2D eigenvalue weighted by Gasteiger charge is -2.24. The first-order valence-corrected chi connectivity index (χ1v) is 6.58. The van der Waals surface area contributed by atoms with E-state index in [4.69, 9.17) is 10.5 Å². The first-order chi connectivity index (χ1) is 7.24. The Balaban J connectivity index is 1.77. The van der Waals surface area contributed by atoms with Crippen LogP contribution in [0.1, 0.15) is 35.7 Å². The molecule has 0 spiro atoms. The molecule has 3 heterocycles. The standard InChI is InChI=1S/C12H17NOS/c1-7-4-8(6-15-7)12(13)10-5-9-2-3-11(10)14-9/h4,6,9-12H,2-3,5,13H2,1H3. The summed E-state index contributed by atoms with van der Waals surface area (Å²) in [5, 5.41) is 2.20. The largest absolute Gasteiger partial charge is 0.375 e. The summed E-state index contributed by atoms with van der Waals surface area (Å²) in [6, 6.07) is 2.41. The second-order valence-corrected chi connectivity index (χ2v) is 5.91. The molecule has 2 aliphatic rings. The molecule has 0 amide bonds. The van der Waals surface area contributed by atoms with Crippen LogP contribution in [0.3, 0.4) is 0 Å². The summed E-state index contributed by atoms with van der Waals surface area (Å²) in [5.74, 6) is 0.553. The normalized spacial score (nSPS) is 36.0. The Labute approximate surface area is 94.4 Å². The molecule has 0 radical (unpaired) electrons.